The SMILES string of the molecule is CC1CC(C)(C(=O)[O-])CCC1(C)C. The third kappa shape index (κ3) is 1.87. The minimum atomic E-state index is -0.880. The monoisotopic (exact) mass is 183 g/mol. The summed E-state index contributed by atoms with van der Waals surface area (Å²) in [5, 5.41) is 10.9. The highest BCUT2D eigenvalue weighted by atomic mass is 16.4. The highest BCUT2D eigenvalue weighted by Crippen LogP contribution is 2.48. The summed E-state index contributed by atoms with van der Waals surface area (Å²) in [5.74, 6) is -0.418. The van der Waals surface area contributed by atoms with E-state index in [-0.39, 0.29) is 5.41 Å². The van der Waals surface area contributed by atoms with E-state index >= 15 is 0 Å². The second kappa shape index (κ2) is 3.00. The van der Waals surface area contributed by atoms with Gasteiger partial charge in [0.2, 0.25) is 0 Å². The van der Waals surface area contributed by atoms with E-state index in [2.05, 4.69) is 20.8 Å². The Morgan fingerprint density at radius 2 is 1.85 bits per heavy atom. The quantitative estimate of drug-likeness (QED) is 0.619. The summed E-state index contributed by atoms with van der Waals surface area (Å²) in [7, 11) is 0. The van der Waals surface area contributed by atoms with Crippen molar-refractivity contribution in [1.29, 1.82) is 0 Å². The normalized spacial score (nSPS) is 38.6. The van der Waals surface area contributed by atoms with Crippen molar-refractivity contribution in [2.24, 2.45) is 16.7 Å². The van der Waals surface area contributed by atoms with E-state index in [1.54, 1.807) is 0 Å². The van der Waals surface area contributed by atoms with Crippen molar-refractivity contribution in [2.45, 2.75) is 47.0 Å². The highest BCUT2D eigenvalue weighted by molar-refractivity contribution is 5.72. The molecule has 0 aromatic rings. The Hall–Kier alpha value is -0.530. The van der Waals surface area contributed by atoms with Gasteiger partial charge in [-0.05, 0) is 30.6 Å². The fraction of sp³-hybridized carbons (Fsp3) is 0.909. The molecule has 1 aliphatic rings. The first kappa shape index (κ1) is 10.6. The van der Waals surface area contributed by atoms with Gasteiger partial charge in [0.15, 0.2) is 0 Å². The Bertz CT molecular complexity index is 220. The number of carbonyl (C=O) groups is 1. The molecule has 0 aromatic carbocycles. The summed E-state index contributed by atoms with van der Waals surface area (Å²) < 4.78 is 0. The molecule has 0 aliphatic heterocycles. The number of carboxylic acid groups (broad SMARTS) is 1. The summed E-state index contributed by atoms with van der Waals surface area (Å²) in [6.07, 6.45) is 2.49. The number of rotatable bonds is 1. The maximum atomic E-state index is 10.9. The van der Waals surface area contributed by atoms with E-state index in [0.29, 0.717) is 5.92 Å². The predicted octanol–water partition coefficient (Wildman–Crippen LogP) is 1.59. The van der Waals surface area contributed by atoms with E-state index in [1.807, 2.05) is 6.92 Å². The lowest BCUT2D eigenvalue weighted by atomic mass is 9.60. The van der Waals surface area contributed by atoms with E-state index in [1.165, 1.54) is 0 Å². The fourth-order valence-electron chi connectivity index (χ4n) is 2.08. The Labute approximate surface area is 80.3 Å². The first-order valence-corrected chi connectivity index (χ1v) is 4.99. The maximum Gasteiger partial charge on any atom is 0.0473 e. The molecule has 0 heterocycles. The maximum absolute atomic E-state index is 10.9. The van der Waals surface area contributed by atoms with Crippen LogP contribution in [0.3, 0.4) is 0 Å². The molecular formula is C11H19O2-. The molecule has 13 heavy (non-hydrogen) atoms. The van der Waals surface area contributed by atoms with Gasteiger partial charge in [0.25, 0.3) is 0 Å². The van der Waals surface area contributed by atoms with Crippen LogP contribution in [-0.2, 0) is 4.79 Å². The van der Waals surface area contributed by atoms with Crippen LogP contribution in [0, 0.1) is 16.7 Å². The van der Waals surface area contributed by atoms with Crippen molar-refractivity contribution in [3.8, 4) is 0 Å². The molecule has 76 valence electrons. The molecule has 0 aromatic heterocycles. The Morgan fingerprint density at radius 3 is 2.23 bits per heavy atom. The van der Waals surface area contributed by atoms with Gasteiger partial charge in [-0.1, -0.05) is 27.7 Å². The molecule has 0 radical (unpaired) electrons. The molecule has 1 aliphatic carbocycles. The topological polar surface area (TPSA) is 40.1 Å². The second-order valence-electron chi connectivity index (χ2n) is 5.44. The van der Waals surface area contributed by atoms with Crippen LogP contribution in [0.4, 0.5) is 0 Å². The lowest BCUT2D eigenvalue weighted by Crippen LogP contribution is -2.46. The largest absolute Gasteiger partial charge is 0.550 e. The lowest BCUT2D eigenvalue weighted by molar-refractivity contribution is -0.321. The summed E-state index contributed by atoms with van der Waals surface area (Å²) in [5.41, 5.74) is -0.302. The third-order valence-electron chi connectivity index (χ3n) is 3.90. The Kier molecular flexibility index (Phi) is 2.44. The average Bonchev–Trinajstić information content (AvgIpc) is 1.98. The van der Waals surface area contributed by atoms with Crippen LogP contribution in [-0.4, -0.2) is 5.97 Å². The van der Waals surface area contributed by atoms with E-state index in [0.717, 1.165) is 19.3 Å². The van der Waals surface area contributed by atoms with E-state index in [9.17, 15) is 9.90 Å². The van der Waals surface area contributed by atoms with Gasteiger partial charge in [-0.15, -0.1) is 0 Å². The fourth-order valence-corrected chi connectivity index (χ4v) is 2.08. The van der Waals surface area contributed by atoms with Gasteiger partial charge in [-0.3, -0.25) is 0 Å². The van der Waals surface area contributed by atoms with Crippen LogP contribution >= 0.6 is 0 Å². The van der Waals surface area contributed by atoms with Crippen molar-refractivity contribution in [1.82, 2.24) is 0 Å². The standard InChI is InChI=1S/C11H20O2/c1-8-7-11(4,9(12)13)6-5-10(8,2)3/h8H,5-7H2,1-4H3,(H,12,13)/p-1. The number of carbonyl (C=O) groups excluding carboxylic acids is 1. The van der Waals surface area contributed by atoms with Gasteiger partial charge in [-0.2, -0.15) is 0 Å². The van der Waals surface area contributed by atoms with Crippen molar-refractivity contribution < 1.29 is 9.90 Å². The van der Waals surface area contributed by atoms with Gasteiger partial charge < -0.3 is 9.90 Å². The molecule has 1 rings (SSSR count). The highest BCUT2D eigenvalue weighted by Gasteiger charge is 2.40. The van der Waals surface area contributed by atoms with Crippen molar-refractivity contribution in [3.05, 3.63) is 0 Å². The molecule has 0 N–H and O–H groups in total. The minimum Gasteiger partial charge on any atom is -0.550 e. The molecule has 0 spiro atoms. The third-order valence-corrected chi connectivity index (χ3v) is 3.90. The summed E-state index contributed by atoms with van der Waals surface area (Å²) in [6, 6.07) is 0. The Morgan fingerprint density at radius 1 is 1.31 bits per heavy atom. The molecule has 2 nitrogen and oxygen atoms in total. The molecule has 0 saturated heterocycles. The summed E-state index contributed by atoms with van der Waals surface area (Å²) in [6.45, 7) is 8.38. The van der Waals surface area contributed by atoms with Crippen molar-refractivity contribution >= 4 is 5.97 Å². The predicted molar refractivity (Wildman–Crippen MR) is 49.9 cm³/mol. The molecule has 2 atom stereocenters. The van der Waals surface area contributed by atoms with Crippen LogP contribution in [0.1, 0.15) is 47.0 Å². The number of hydrogen-bond acceptors (Lipinski definition) is 2. The Balaban J connectivity index is 2.76. The summed E-state index contributed by atoms with van der Waals surface area (Å²) >= 11 is 0. The van der Waals surface area contributed by atoms with Crippen molar-refractivity contribution in [3.63, 3.8) is 0 Å². The molecule has 1 saturated carbocycles. The van der Waals surface area contributed by atoms with Gasteiger partial charge in [0.1, 0.15) is 0 Å². The molecule has 0 bridgehead atoms. The number of hydrogen-bond donors (Lipinski definition) is 0. The molecule has 2 heteroatoms. The van der Waals surface area contributed by atoms with Crippen LogP contribution in [0.5, 0.6) is 0 Å². The molecule has 0 amide bonds. The zero-order valence-corrected chi connectivity index (χ0v) is 9.02. The van der Waals surface area contributed by atoms with E-state index < -0.39 is 11.4 Å². The van der Waals surface area contributed by atoms with Crippen LogP contribution in [0.2, 0.25) is 0 Å². The molecule has 2 unspecified atom stereocenters. The van der Waals surface area contributed by atoms with Gasteiger partial charge in [-0.25, -0.2) is 0 Å². The zero-order valence-electron chi connectivity index (χ0n) is 9.02. The number of carboxylic acids is 1. The lowest BCUT2D eigenvalue weighted by Gasteiger charge is -2.46. The van der Waals surface area contributed by atoms with Crippen molar-refractivity contribution in [2.75, 3.05) is 0 Å². The summed E-state index contributed by atoms with van der Waals surface area (Å²) in [4.78, 5) is 10.9. The molecular weight excluding hydrogens is 164 g/mol. The molecule has 1 fully saturated rings. The van der Waals surface area contributed by atoms with Crippen LogP contribution in [0.25, 0.3) is 0 Å². The smallest absolute Gasteiger partial charge is 0.0473 e. The van der Waals surface area contributed by atoms with Gasteiger partial charge in [0, 0.05) is 11.4 Å². The van der Waals surface area contributed by atoms with Crippen LogP contribution < -0.4 is 5.11 Å². The average molecular weight is 183 g/mol. The first-order valence-electron chi connectivity index (χ1n) is 4.99. The minimum absolute atomic E-state index is 0.287. The van der Waals surface area contributed by atoms with E-state index in [4.69, 9.17) is 0 Å². The number of aliphatic carboxylic acids is 1. The van der Waals surface area contributed by atoms with Gasteiger partial charge >= 0.3 is 0 Å². The second-order valence-corrected chi connectivity index (χ2v) is 5.44. The van der Waals surface area contributed by atoms with Gasteiger partial charge in [0.05, 0.1) is 0 Å². The van der Waals surface area contributed by atoms with Crippen LogP contribution in [0.15, 0.2) is 0 Å². The first-order chi connectivity index (χ1) is 5.78. The zero-order chi connectivity index (χ0) is 10.3.